The van der Waals surface area contributed by atoms with Crippen LogP contribution in [0, 0.1) is 26.2 Å². The lowest BCUT2D eigenvalue weighted by Crippen LogP contribution is -2.42. The fourth-order valence-electron chi connectivity index (χ4n) is 3.42. The van der Waals surface area contributed by atoms with Crippen molar-refractivity contribution in [3.05, 3.63) is 64.7 Å². The van der Waals surface area contributed by atoms with E-state index in [1.807, 2.05) is 37.3 Å². The van der Waals surface area contributed by atoms with E-state index in [1.165, 1.54) is 0 Å². The molecule has 0 bridgehead atoms. The summed E-state index contributed by atoms with van der Waals surface area (Å²) in [6, 6.07) is 11.7. The molecule has 0 aliphatic heterocycles. The summed E-state index contributed by atoms with van der Waals surface area (Å²) in [6.07, 6.45) is -4.48. The summed E-state index contributed by atoms with van der Waals surface area (Å²) in [7, 11) is -3.96. The summed E-state index contributed by atoms with van der Waals surface area (Å²) < 4.78 is 65.9. The van der Waals surface area contributed by atoms with Gasteiger partial charge in [-0.05, 0) is 50.3 Å². The van der Waals surface area contributed by atoms with Gasteiger partial charge in [-0.25, -0.2) is 13.2 Å². The third-order valence-corrected chi connectivity index (χ3v) is 6.68. The van der Waals surface area contributed by atoms with E-state index in [-0.39, 0.29) is 23.9 Å². The molecule has 0 saturated heterocycles. The Morgan fingerprint density at radius 2 is 1.63 bits per heavy atom. The number of halogens is 3. The first-order valence-electron chi connectivity index (χ1n) is 11.2. The Morgan fingerprint density at radius 1 is 1.11 bits per heavy atom. The number of rotatable bonds is 10. The smallest absolute Gasteiger partial charge is 0.475 e. The van der Waals surface area contributed by atoms with Crippen molar-refractivity contribution in [3.8, 4) is 0 Å². The summed E-state index contributed by atoms with van der Waals surface area (Å²) >= 11 is 0. The summed E-state index contributed by atoms with van der Waals surface area (Å²) in [5, 5.41) is 17.0. The molecule has 2 rings (SSSR count). The zero-order valence-electron chi connectivity index (χ0n) is 21.1. The van der Waals surface area contributed by atoms with Crippen LogP contribution in [-0.2, 0) is 31.0 Å². The van der Waals surface area contributed by atoms with E-state index in [1.54, 1.807) is 26.0 Å². The second kappa shape index (κ2) is 14.3. The number of esters is 1. The topological polar surface area (TPSA) is 172 Å². The van der Waals surface area contributed by atoms with E-state index >= 15 is 0 Å². The highest BCUT2D eigenvalue weighted by Gasteiger charge is 2.38. The Hall–Kier alpha value is -3.65. The number of carboxylic acids is 1. The number of hydrogen-bond acceptors (Lipinski definition) is 6. The van der Waals surface area contributed by atoms with Gasteiger partial charge in [0.15, 0.2) is 5.96 Å². The number of carbonyl (C=O) groups is 2. The number of alkyl halides is 3. The zero-order chi connectivity index (χ0) is 29.1. The monoisotopic (exact) mass is 560 g/mol. The lowest BCUT2D eigenvalue weighted by Gasteiger charge is -2.20. The highest BCUT2D eigenvalue weighted by molar-refractivity contribution is 7.89. The van der Waals surface area contributed by atoms with Crippen LogP contribution in [0.2, 0.25) is 0 Å². The molecular weight excluding hydrogens is 529 g/mol. The fraction of sp³-hybridized carbons (Fsp3) is 0.375. The first-order valence-corrected chi connectivity index (χ1v) is 12.7. The molecule has 0 aromatic heterocycles. The molecule has 0 amide bonds. The molecule has 0 unspecified atom stereocenters. The SMILES string of the molecule is Cc1cc(C)c(S(=O)(=O)N[C@@H](CCCNC(=N)N)C(=O)OCc2ccccc2)c(C)c1.O=C(O)C(F)(F)F. The maximum Gasteiger partial charge on any atom is 0.490 e. The number of nitrogens with two attached hydrogens (primary N) is 1. The molecule has 0 radical (unpaired) electrons. The molecule has 14 heteroatoms. The van der Waals surface area contributed by atoms with E-state index in [4.69, 9.17) is 25.8 Å². The second-order valence-corrected chi connectivity index (χ2v) is 9.93. The van der Waals surface area contributed by atoms with Crippen LogP contribution in [0.1, 0.15) is 35.1 Å². The number of carboxylic acid groups (broad SMARTS) is 1. The number of aliphatic carboxylic acids is 1. The van der Waals surface area contributed by atoms with E-state index in [0.717, 1.165) is 11.1 Å². The van der Waals surface area contributed by atoms with E-state index in [0.29, 0.717) is 24.1 Å². The van der Waals surface area contributed by atoms with Crippen LogP contribution in [-0.4, -0.2) is 50.2 Å². The van der Waals surface area contributed by atoms with Crippen molar-refractivity contribution in [3.63, 3.8) is 0 Å². The number of guanidine groups is 1. The Kier molecular flexibility index (Phi) is 12.2. The van der Waals surface area contributed by atoms with Crippen molar-refractivity contribution in [2.45, 2.75) is 57.3 Å². The molecule has 210 valence electrons. The maximum atomic E-state index is 13.1. The van der Waals surface area contributed by atoms with Gasteiger partial charge in [-0.15, -0.1) is 0 Å². The molecule has 0 spiro atoms. The number of aryl methyl sites for hydroxylation is 3. The van der Waals surface area contributed by atoms with Crippen molar-refractivity contribution in [1.82, 2.24) is 10.0 Å². The Balaban J connectivity index is 0.000000905. The molecule has 0 aliphatic rings. The molecule has 1 atom stereocenters. The van der Waals surface area contributed by atoms with Gasteiger partial charge in [-0.3, -0.25) is 10.2 Å². The third kappa shape index (κ3) is 11.2. The molecular formula is C24H31F3N4O6S. The largest absolute Gasteiger partial charge is 0.490 e. The number of benzene rings is 2. The minimum Gasteiger partial charge on any atom is -0.475 e. The normalized spacial score (nSPS) is 12.1. The predicted octanol–water partition coefficient (Wildman–Crippen LogP) is 2.90. The summed E-state index contributed by atoms with van der Waals surface area (Å²) in [5.41, 5.74) is 8.26. The Labute approximate surface area is 218 Å². The lowest BCUT2D eigenvalue weighted by molar-refractivity contribution is -0.192. The highest BCUT2D eigenvalue weighted by atomic mass is 32.2. The van der Waals surface area contributed by atoms with Crippen LogP contribution in [0.3, 0.4) is 0 Å². The number of carbonyl (C=O) groups excluding carboxylic acids is 1. The van der Waals surface area contributed by atoms with Gasteiger partial charge >= 0.3 is 18.1 Å². The zero-order valence-corrected chi connectivity index (χ0v) is 21.9. The third-order valence-electron chi connectivity index (χ3n) is 4.91. The van der Waals surface area contributed by atoms with Crippen LogP contribution in [0.25, 0.3) is 0 Å². The molecule has 0 heterocycles. The first-order chi connectivity index (χ1) is 17.5. The molecule has 0 fully saturated rings. The molecule has 2 aromatic carbocycles. The van der Waals surface area contributed by atoms with Crippen molar-refractivity contribution in [1.29, 1.82) is 5.41 Å². The first kappa shape index (κ1) is 32.4. The van der Waals surface area contributed by atoms with Crippen LogP contribution < -0.4 is 15.8 Å². The Morgan fingerprint density at radius 3 is 2.11 bits per heavy atom. The van der Waals surface area contributed by atoms with Crippen LogP contribution >= 0.6 is 0 Å². The summed E-state index contributed by atoms with van der Waals surface area (Å²) in [5.74, 6) is -3.60. The van der Waals surface area contributed by atoms with Gasteiger partial charge in [-0.1, -0.05) is 48.0 Å². The number of sulfonamides is 1. The minimum absolute atomic E-state index is 0.0478. The van der Waals surface area contributed by atoms with Crippen molar-refractivity contribution >= 4 is 27.9 Å². The summed E-state index contributed by atoms with van der Waals surface area (Å²) in [4.78, 5) is 21.8. The highest BCUT2D eigenvalue weighted by Crippen LogP contribution is 2.22. The quantitative estimate of drug-likeness (QED) is 0.128. The predicted molar refractivity (Wildman–Crippen MR) is 134 cm³/mol. The summed E-state index contributed by atoms with van der Waals surface area (Å²) in [6.45, 7) is 5.74. The van der Waals surface area contributed by atoms with Crippen molar-refractivity contribution in [2.75, 3.05) is 6.54 Å². The molecule has 0 saturated carbocycles. The number of hydrogen-bond donors (Lipinski definition) is 5. The Bertz CT molecular complexity index is 1200. The molecule has 10 nitrogen and oxygen atoms in total. The maximum absolute atomic E-state index is 13.1. The number of ether oxygens (including phenoxy) is 1. The van der Waals surface area contributed by atoms with Gasteiger partial charge in [0.1, 0.15) is 12.6 Å². The second-order valence-electron chi connectivity index (χ2n) is 8.28. The molecule has 6 N–H and O–H groups in total. The molecule has 2 aromatic rings. The molecule has 0 aliphatic carbocycles. The van der Waals surface area contributed by atoms with Crippen molar-refractivity contribution in [2.24, 2.45) is 5.73 Å². The average Bonchev–Trinajstić information content (AvgIpc) is 2.78. The van der Waals surface area contributed by atoms with Crippen molar-refractivity contribution < 1.29 is 41.0 Å². The fourth-order valence-corrected chi connectivity index (χ4v) is 5.09. The molecule has 38 heavy (non-hydrogen) atoms. The van der Waals surface area contributed by atoms with E-state index < -0.39 is 34.2 Å². The lowest BCUT2D eigenvalue weighted by atomic mass is 10.1. The average molecular weight is 561 g/mol. The van der Waals surface area contributed by atoms with Gasteiger partial charge < -0.3 is 20.9 Å². The van der Waals surface area contributed by atoms with E-state index in [2.05, 4.69) is 10.0 Å². The standard InChI is InChI=1S/C22H30N4O4S.C2HF3O2/c1-15-12-16(2)20(17(3)13-15)31(28,29)26-19(10-7-11-25-22(23)24)21(27)30-14-18-8-5-4-6-9-18;3-2(4,5)1(6)7/h4-6,8-9,12-13,19,26H,7,10-11,14H2,1-3H3,(H4,23,24,25);(H,6,7)/t19-;/m0./s1. The minimum atomic E-state index is -5.08. The van der Waals surface area contributed by atoms with Gasteiger partial charge in [0.25, 0.3) is 0 Å². The van der Waals surface area contributed by atoms with E-state index in [9.17, 15) is 26.4 Å². The van der Waals surface area contributed by atoms with Gasteiger partial charge in [0, 0.05) is 6.54 Å². The van der Waals surface area contributed by atoms with Gasteiger partial charge in [0.05, 0.1) is 4.90 Å². The van der Waals surface area contributed by atoms with Gasteiger partial charge in [-0.2, -0.15) is 17.9 Å². The van der Waals surface area contributed by atoms with Crippen LogP contribution in [0.15, 0.2) is 47.4 Å². The van der Waals surface area contributed by atoms with Crippen LogP contribution in [0.4, 0.5) is 13.2 Å². The number of nitrogens with one attached hydrogen (secondary N) is 3. The van der Waals surface area contributed by atoms with Crippen LogP contribution in [0.5, 0.6) is 0 Å². The van der Waals surface area contributed by atoms with Gasteiger partial charge in [0.2, 0.25) is 10.0 Å².